The number of aryl methyl sites for hydroxylation is 1. The maximum absolute atomic E-state index is 11.1. The highest BCUT2D eigenvalue weighted by Crippen LogP contribution is 2.20. The lowest BCUT2D eigenvalue weighted by Crippen LogP contribution is -2.18. The number of hydrogen-bond donors (Lipinski definition) is 2. The SMILES string of the molecule is Cc1cc(CS(N)(=O)=O)c(C)c(CS(N)(=O)=O)c1. The fourth-order valence-electron chi connectivity index (χ4n) is 1.75. The van der Waals surface area contributed by atoms with E-state index in [1.165, 1.54) is 0 Å². The van der Waals surface area contributed by atoms with Gasteiger partial charge in [0.05, 0.1) is 11.5 Å². The molecule has 0 aliphatic heterocycles. The van der Waals surface area contributed by atoms with Gasteiger partial charge in [0.15, 0.2) is 0 Å². The van der Waals surface area contributed by atoms with E-state index in [1.807, 2.05) is 0 Å². The second-order valence-electron chi connectivity index (χ2n) is 4.32. The van der Waals surface area contributed by atoms with Crippen LogP contribution in [-0.2, 0) is 31.6 Å². The summed E-state index contributed by atoms with van der Waals surface area (Å²) in [5, 5.41) is 9.99. The average Bonchev–Trinajstić information content (AvgIpc) is 2.07. The summed E-state index contributed by atoms with van der Waals surface area (Å²) in [6.07, 6.45) is 0. The van der Waals surface area contributed by atoms with Crippen molar-refractivity contribution in [3.8, 4) is 0 Å². The first-order chi connectivity index (χ1) is 7.98. The first-order valence-corrected chi connectivity index (χ1v) is 8.51. The molecule has 0 atom stereocenters. The Balaban J connectivity index is 3.31. The van der Waals surface area contributed by atoms with Crippen molar-refractivity contribution in [3.63, 3.8) is 0 Å². The second kappa shape index (κ2) is 4.96. The molecule has 6 nitrogen and oxygen atoms in total. The van der Waals surface area contributed by atoms with Crippen molar-refractivity contribution in [2.24, 2.45) is 10.3 Å². The smallest absolute Gasteiger partial charge is 0.213 e. The number of benzene rings is 1. The third-order valence-electron chi connectivity index (χ3n) is 2.48. The average molecular weight is 292 g/mol. The zero-order valence-electron chi connectivity index (χ0n) is 10.2. The summed E-state index contributed by atoms with van der Waals surface area (Å²) in [6.45, 7) is 3.40. The van der Waals surface area contributed by atoms with Crippen LogP contribution in [0, 0.1) is 13.8 Å². The number of rotatable bonds is 4. The van der Waals surface area contributed by atoms with Gasteiger partial charge in [0.1, 0.15) is 0 Å². The summed E-state index contributed by atoms with van der Waals surface area (Å²) in [4.78, 5) is 0. The summed E-state index contributed by atoms with van der Waals surface area (Å²) in [5.74, 6) is -0.643. The molecule has 1 rings (SSSR count). The van der Waals surface area contributed by atoms with Crippen molar-refractivity contribution in [3.05, 3.63) is 34.4 Å². The molecule has 18 heavy (non-hydrogen) atoms. The highest BCUT2D eigenvalue weighted by Gasteiger charge is 2.14. The predicted octanol–water partition coefficient (Wildman–Crippen LogP) is -0.120. The summed E-state index contributed by atoms with van der Waals surface area (Å²) in [6, 6.07) is 3.35. The summed E-state index contributed by atoms with van der Waals surface area (Å²) >= 11 is 0. The monoisotopic (exact) mass is 292 g/mol. The van der Waals surface area contributed by atoms with Crippen molar-refractivity contribution >= 4 is 20.0 Å². The molecule has 0 aliphatic rings. The fraction of sp³-hybridized carbons (Fsp3) is 0.400. The first kappa shape index (κ1) is 15.1. The maximum atomic E-state index is 11.1. The predicted molar refractivity (Wildman–Crippen MR) is 69.5 cm³/mol. The molecule has 4 N–H and O–H groups in total. The van der Waals surface area contributed by atoms with Crippen LogP contribution < -0.4 is 10.3 Å². The molecule has 0 aliphatic carbocycles. The quantitative estimate of drug-likeness (QED) is 0.803. The lowest BCUT2D eigenvalue weighted by Gasteiger charge is -2.11. The van der Waals surface area contributed by atoms with E-state index in [-0.39, 0.29) is 11.5 Å². The maximum Gasteiger partial charge on any atom is 0.213 e. The van der Waals surface area contributed by atoms with E-state index in [0.717, 1.165) is 5.56 Å². The van der Waals surface area contributed by atoms with E-state index >= 15 is 0 Å². The minimum absolute atomic E-state index is 0.321. The van der Waals surface area contributed by atoms with E-state index in [9.17, 15) is 16.8 Å². The molecule has 0 aromatic heterocycles. The summed E-state index contributed by atoms with van der Waals surface area (Å²) in [7, 11) is -7.32. The zero-order valence-corrected chi connectivity index (χ0v) is 11.8. The van der Waals surface area contributed by atoms with Crippen molar-refractivity contribution in [1.29, 1.82) is 0 Å². The van der Waals surface area contributed by atoms with E-state index in [0.29, 0.717) is 16.7 Å². The van der Waals surface area contributed by atoms with Crippen LogP contribution in [0.3, 0.4) is 0 Å². The molecule has 0 saturated carbocycles. The summed E-state index contributed by atoms with van der Waals surface area (Å²) in [5.41, 5.74) is 2.34. The zero-order chi connectivity index (χ0) is 14.1. The van der Waals surface area contributed by atoms with Crippen LogP contribution in [-0.4, -0.2) is 16.8 Å². The van der Waals surface area contributed by atoms with Crippen LogP contribution in [0.25, 0.3) is 0 Å². The van der Waals surface area contributed by atoms with Crippen molar-refractivity contribution < 1.29 is 16.8 Å². The number of primary sulfonamides is 2. The molecule has 0 fully saturated rings. The Kier molecular flexibility index (Phi) is 4.16. The minimum atomic E-state index is -3.66. The third kappa shape index (κ3) is 4.73. The Labute approximate surface area is 107 Å². The Morgan fingerprint density at radius 1 is 0.889 bits per heavy atom. The van der Waals surface area contributed by atoms with Gasteiger partial charge < -0.3 is 0 Å². The van der Waals surface area contributed by atoms with Crippen LogP contribution >= 0.6 is 0 Å². The minimum Gasteiger partial charge on any atom is -0.228 e. The van der Waals surface area contributed by atoms with Crippen molar-refractivity contribution in [1.82, 2.24) is 0 Å². The Bertz CT molecular complexity index is 608. The van der Waals surface area contributed by atoms with Crippen LogP contribution in [0.5, 0.6) is 0 Å². The van der Waals surface area contributed by atoms with Gasteiger partial charge >= 0.3 is 0 Å². The first-order valence-electron chi connectivity index (χ1n) is 5.08. The highest BCUT2D eigenvalue weighted by molar-refractivity contribution is 7.88. The molecule has 0 spiro atoms. The van der Waals surface area contributed by atoms with E-state index in [2.05, 4.69) is 0 Å². The molecule has 0 unspecified atom stereocenters. The summed E-state index contributed by atoms with van der Waals surface area (Å²) < 4.78 is 44.4. The van der Waals surface area contributed by atoms with E-state index in [1.54, 1.807) is 26.0 Å². The van der Waals surface area contributed by atoms with Gasteiger partial charge in [-0.25, -0.2) is 27.1 Å². The normalized spacial score (nSPS) is 12.7. The molecular weight excluding hydrogens is 276 g/mol. The van der Waals surface area contributed by atoms with Crippen LogP contribution in [0.15, 0.2) is 12.1 Å². The number of nitrogens with two attached hydrogens (primary N) is 2. The van der Waals surface area contributed by atoms with Gasteiger partial charge in [-0.3, -0.25) is 0 Å². The Morgan fingerprint density at radius 3 is 1.50 bits per heavy atom. The molecule has 0 amide bonds. The van der Waals surface area contributed by atoms with Crippen LogP contribution in [0.2, 0.25) is 0 Å². The molecule has 1 aromatic rings. The Morgan fingerprint density at radius 2 is 1.22 bits per heavy atom. The lowest BCUT2D eigenvalue weighted by atomic mass is 10.0. The lowest BCUT2D eigenvalue weighted by molar-refractivity contribution is 0.595. The largest absolute Gasteiger partial charge is 0.228 e. The van der Waals surface area contributed by atoms with Gasteiger partial charge in [0.25, 0.3) is 0 Å². The van der Waals surface area contributed by atoms with Crippen LogP contribution in [0.4, 0.5) is 0 Å². The molecule has 0 bridgehead atoms. The third-order valence-corrected chi connectivity index (χ3v) is 3.91. The highest BCUT2D eigenvalue weighted by atomic mass is 32.2. The topological polar surface area (TPSA) is 120 Å². The van der Waals surface area contributed by atoms with Gasteiger partial charge in [-0.1, -0.05) is 17.7 Å². The van der Waals surface area contributed by atoms with Gasteiger partial charge in [0.2, 0.25) is 20.0 Å². The number of sulfonamides is 2. The van der Waals surface area contributed by atoms with Crippen molar-refractivity contribution in [2.45, 2.75) is 25.4 Å². The molecular formula is C10H16N2O4S2. The van der Waals surface area contributed by atoms with Gasteiger partial charge in [-0.2, -0.15) is 0 Å². The standard InChI is InChI=1S/C10H16N2O4S2/c1-7-3-9(5-17(11,13)14)8(2)10(4-7)6-18(12,15)16/h3-4H,5-6H2,1-2H3,(H2,11,13,14)(H2,12,15,16). The van der Waals surface area contributed by atoms with E-state index < -0.39 is 20.0 Å². The molecule has 8 heteroatoms. The van der Waals surface area contributed by atoms with Gasteiger partial charge in [-0.15, -0.1) is 0 Å². The number of hydrogen-bond acceptors (Lipinski definition) is 4. The second-order valence-corrected chi connectivity index (χ2v) is 7.55. The fourth-order valence-corrected chi connectivity index (χ4v) is 3.21. The molecule has 0 saturated heterocycles. The van der Waals surface area contributed by atoms with Crippen molar-refractivity contribution in [2.75, 3.05) is 0 Å². The molecule has 1 aromatic carbocycles. The van der Waals surface area contributed by atoms with Gasteiger partial charge in [-0.05, 0) is 30.5 Å². The molecule has 102 valence electrons. The van der Waals surface area contributed by atoms with Crippen LogP contribution in [0.1, 0.15) is 22.3 Å². The van der Waals surface area contributed by atoms with Gasteiger partial charge in [0, 0.05) is 0 Å². The van der Waals surface area contributed by atoms with E-state index in [4.69, 9.17) is 10.3 Å². The molecule has 0 radical (unpaired) electrons. The Hall–Kier alpha value is -0.960. The molecule has 0 heterocycles.